The Kier molecular flexibility index (Phi) is 4.21. The van der Waals surface area contributed by atoms with Gasteiger partial charge >= 0.3 is 5.97 Å². The molecule has 2 nitrogen and oxygen atoms in total. The van der Waals surface area contributed by atoms with Crippen LogP contribution in [0.4, 0.5) is 4.39 Å². The van der Waals surface area contributed by atoms with Gasteiger partial charge in [0.1, 0.15) is 0 Å². The standard InChI is InChI=1S/C5H9FO2/c6-4-2-1-3-5(7)8/h1-4H2,(H,7,8). The highest BCUT2D eigenvalue weighted by Gasteiger charge is 1.93. The number of halogens is 1. The van der Waals surface area contributed by atoms with Gasteiger partial charge < -0.3 is 5.11 Å². The molecule has 0 saturated heterocycles. The Morgan fingerprint density at radius 3 is 2.50 bits per heavy atom. The van der Waals surface area contributed by atoms with E-state index in [0.717, 1.165) is 0 Å². The topological polar surface area (TPSA) is 37.3 Å². The monoisotopic (exact) mass is 120 g/mol. The molecule has 0 aromatic heterocycles. The van der Waals surface area contributed by atoms with E-state index in [4.69, 9.17) is 5.11 Å². The molecule has 1 N–H and O–H groups in total. The van der Waals surface area contributed by atoms with Crippen LogP contribution in [0.1, 0.15) is 19.3 Å². The molecule has 0 rings (SSSR count). The summed E-state index contributed by atoms with van der Waals surface area (Å²) < 4.78 is 11.3. The molecule has 0 aromatic carbocycles. The molecule has 3 heteroatoms. The largest absolute Gasteiger partial charge is 0.481 e. The zero-order valence-corrected chi connectivity index (χ0v) is 4.56. The van der Waals surface area contributed by atoms with E-state index >= 15 is 0 Å². The van der Waals surface area contributed by atoms with Crippen LogP contribution in [0.2, 0.25) is 0 Å². The lowest BCUT2D eigenvalue weighted by atomic mass is 10.2. The molecule has 48 valence electrons. The summed E-state index contributed by atoms with van der Waals surface area (Å²) in [6.07, 6.45) is 0.905. The van der Waals surface area contributed by atoms with Crippen molar-refractivity contribution in [1.29, 1.82) is 0 Å². The van der Waals surface area contributed by atoms with E-state index in [1.165, 1.54) is 0 Å². The number of hydrogen-bond acceptors (Lipinski definition) is 1. The fraction of sp³-hybridized carbons (Fsp3) is 0.800. The Bertz CT molecular complexity index is 72.8. The smallest absolute Gasteiger partial charge is 0.303 e. The number of carboxylic acids is 1. The fourth-order valence-corrected chi connectivity index (χ4v) is 0.371. The van der Waals surface area contributed by atoms with Crippen LogP contribution in [0.5, 0.6) is 0 Å². The van der Waals surface area contributed by atoms with Crippen LogP contribution in [0.25, 0.3) is 0 Å². The highest BCUT2D eigenvalue weighted by Crippen LogP contribution is 1.94. The van der Waals surface area contributed by atoms with Crippen LogP contribution in [0.3, 0.4) is 0 Å². The van der Waals surface area contributed by atoms with E-state index < -0.39 is 12.6 Å². The number of aliphatic carboxylic acids is 1. The van der Waals surface area contributed by atoms with Gasteiger partial charge in [0.2, 0.25) is 0 Å². The van der Waals surface area contributed by atoms with Gasteiger partial charge in [0.25, 0.3) is 0 Å². The van der Waals surface area contributed by atoms with Crippen molar-refractivity contribution >= 4 is 5.97 Å². The average Bonchev–Trinajstić information content (AvgIpc) is 1.66. The second-order valence-electron chi connectivity index (χ2n) is 1.54. The third-order valence-corrected chi connectivity index (χ3v) is 0.774. The lowest BCUT2D eigenvalue weighted by Crippen LogP contribution is -1.93. The Balaban J connectivity index is 2.82. The molecule has 0 spiro atoms. The van der Waals surface area contributed by atoms with Crippen LogP contribution in [-0.2, 0) is 4.79 Å². The third-order valence-electron chi connectivity index (χ3n) is 0.774. The van der Waals surface area contributed by atoms with E-state index in [1.54, 1.807) is 0 Å². The Hall–Kier alpha value is -0.600. The minimum Gasteiger partial charge on any atom is -0.481 e. The van der Waals surface area contributed by atoms with Crippen LogP contribution < -0.4 is 0 Å². The summed E-state index contributed by atoms with van der Waals surface area (Å²) in [5.74, 6) is -0.849. The van der Waals surface area contributed by atoms with Crippen molar-refractivity contribution in [3.8, 4) is 0 Å². The van der Waals surface area contributed by atoms with Gasteiger partial charge in [-0.3, -0.25) is 9.18 Å². The lowest BCUT2D eigenvalue weighted by Gasteiger charge is -1.88. The Morgan fingerprint density at radius 1 is 1.50 bits per heavy atom. The number of carbonyl (C=O) groups is 1. The van der Waals surface area contributed by atoms with Gasteiger partial charge in [-0.2, -0.15) is 0 Å². The molecule has 0 fully saturated rings. The molecule has 0 aliphatic carbocycles. The molecule has 0 aliphatic rings. The summed E-state index contributed by atoms with van der Waals surface area (Å²) in [4.78, 5) is 9.75. The highest BCUT2D eigenvalue weighted by atomic mass is 19.1. The first-order chi connectivity index (χ1) is 3.77. The van der Waals surface area contributed by atoms with Gasteiger partial charge in [-0.1, -0.05) is 0 Å². The van der Waals surface area contributed by atoms with E-state index in [9.17, 15) is 9.18 Å². The molecule has 0 atom stereocenters. The normalized spacial score (nSPS) is 9.12. The highest BCUT2D eigenvalue weighted by molar-refractivity contribution is 5.66. The first kappa shape index (κ1) is 7.40. The second kappa shape index (κ2) is 4.56. The minimum atomic E-state index is -0.849. The minimum absolute atomic E-state index is 0.0872. The van der Waals surface area contributed by atoms with Crippen molar-refractivity contribution in [2.24, 2.45) is 0 Å². The van der Waals surface area contributed by atoms with Crippen molar-refractivity contribution in [3.05, 3.63) is 0 Å². The fourth-order valence-electron chi connectivity index (χ4n) is 0.371. The van der Waals surface area contributed by atoms with E-state index in [2.05, 4.69) is 0 Å². The molecule has 0 amide bonds. The van der Waals surface area contributed by atoms with Crippen molar-refractivity contribution in [3.63, 3.8) is 0 Å². The van der Waals surface area contributed by atoms with Crippen molar-refractivity contribution in [2.45, 2.75) is 19.3 Å². The maximum absolute atomic E-state index is 11.3. The molecule has 0 unspecified atom stereocenters. The van der Waals surface area contributed by atoms with Crippen molar-refractivity contribution in [2.75, 3.05) is 6.67 Å². The molecule has 0 aromatic rings. The summed E-state index contributed by atoms with van der Waals surface area (Å²) in [5, 5.41) is 8.02. The second-order valence-corrected chi connectivity index (χ2v) is 1.54. The van der Waals surface area contributed by atoms with Gasteiger partial charge in [0.05, 0.1) is 6.67 Å². The van der Waals surface area contributed by atoms with Crippen LogP contribution in [0.15, 0.2) is 0 Å². The maximum atomic E-state index is 11.3. The molecular formula is C5H9FO2. The predicted molar refractivity (Wildman–Crippen MR) is 27.5 cm³/mol. The summed E-state index contributed by atoms with van der Waals surface area (Å²) in [5.41, 5.74) is 0. The Labute approximate surface area is 47.3 Å². The molecule has 0 heterocycles. The molecule has 0 bridgehead atoms. The SMILES string of the molecule is O=C(O)CCCCF. The van der Waals surface area contributed by atoms with Gasteiger partial charge in [-0.05, 0) is 12.8 Å². The predicted octanol–water partition coefficient (Wildman–Crippen LogP) is 1.21. The number of hydrogen-bond donors (Lipinski definition) is 1. The number of rotatable bonds is 4. The maximum Gasteiger partial charge on any atom is 0.303 e. The average molecular weight is 120 g/mol. The first-order valence-corrected chi connectivity index (χ1v) is 2.55. The molecule has 0 saturated carbocycles. The van der Waals surface area contributed by atoms with Crippen LogP contribution >= 0.6 is 0 Å². The number of unbranched alkanes of at least 4 members (excludes halogenated alkanes) is 1. The summed E-state index contributed by atoms with van der Waals surface area (Å²) >= 11 is 0. The molecule has 8 heavy (non-hydrogen) atoms. The van der Waals surface area contributed by atoms with Gasteiger partial charge in [-0.25, -0.2) is 0 Å². The zero-order valence-electron chi connectivity index (χ0n) is 4.56. The van der Waals surface area contributed by atoms with E-state index in [-0.39, 0.29) is 6.42 Å². The van der Waals surface area contributed by atoms with Gasteiger partial charge in [0.15, 0.2) is 0 Å². The third kappa shape index (κ3) is 5.40. The summed E-state index contributed by atoms with van der Waals surface area (Å²) in [6, 6.07) is 0. The van der Waals surface area contributed by atoms with E-state index in [0.29, 0.717) is 12.8 Å². The van der Waals surface area contributed by atoms with Crippen LogP contribution in [0, 0.1) is 0 Å². The van der Waals surface area contributed by atoms with Gasteiger partial charge in [-0.15, -0.1) is 0 Å². The zero-order chi connectivity index (χ0) is 6.41. The molecule has 0 radical (unpaired) electrons. The molecular weight excluding hydrogens is 111 g/mol. The number of carboxylic acid groups (broad SMARTS) is 1. The molecule has 0 aliphatic heterocycles. The quantitative estimate of drug-likeness (QED) is 0.566. The summed E-state index contributed by atoms with van der Waals surface area (Å²) in [6.45, 7) is -0.409. The Morgan fingerprint density at radius 2 is 2.12 bits per heavy atom. The summed E-state index contributed by atoms with van der Waals surface area (Å²) in [7, 11) is 0. The van der Waals surface area contributed by atoms with E-state index in [1.807, 2.05) is 0 Å². The van der Waals surface area contributed by atoms with Gasteiger partial charge in [0, 0.05) is 6.42 Å². The van der Waals surface area contributed by atoms with Crippen LogP contribution in [-0.4, -0.2) is 17.8 Å². The first-order valence-electron chi connectivity index (χ1n) is 2.55. The van der Waals surface area contributed by atoms with Crippen molar-refractivity contribution < 1.29 is 14.3 Å². The number of alkyl halides is 1. The lowest BCUT2D eigenvalue weighted by molar-refractivity contribution is -0.137. The van der Waals surface area contributed by atoms with Crippen molar-refractivity contribution in [1.82, 2.24) is 0 Å².